The fourth-order valence-corrected chi connectivity index (χ4v) is 2.07. The van der Waals surface area contributed by atoms with Crippen LogP contribution in [0.4, 0.5) is 15.9 Å². The van der Waals surface area contributed by atoms with Crippen LogP contribution in [-0.2, 0) is 4.79 Å². The normalized spacial score (nSPS) is 13.2. The van der Waals surface area contributed by atoms with Crippen molar-refractivity contribution in [1.82, 2.24) is 9.97 Å². The largest absolute Gasteiger partial charge is 0.338 e. The Hall–Kier alpha value is -2.63. The molecule has 0 saturated carbocycles. The van der Waals surface area contributed by atoms with Gasteiger partial charge in [-0.3, -0.25) is 4.79 Å². The summed E-state index contributed by atoms with van der Waals surface area (Å²) in [5, 5.41) is 3.13. The molecular formula is C18H23FN4O. The van der Waals surface area contributed by atoms with E-state index in [9.17, 15) is 9.18 Å². The number of aryl methyl sites for hydroxylation is 1. The lowest BCUT2D eigenvalue weighted by molar-refractivity contribution is -0.102. The minimum absolute atomic E-state index is 0.311. The molecule has 0 amide bonds. The van der Waals surface area contributed by atoms with E-state index in [1.54, 1.807) is 19.9 Å². The van der Waals surface area contributed by atoms with Crippen LogP contribution in [0, 0.1) is 12.8 Å². The first-order valence-electron chi connectivity index (χ1n) is 7.64. The van der Waals surface area contributed by atoms with E-state index < -0.39 is 0 Å². The average molecular weight is 330 g/mol. The molecule has 0 aliphatic carbocycles. The summed E-state index contributed by atoms with van der Waals surface area (Å²) in [7, 11) is 0. The van der Waals surface area contributed by atoms with Crippen LogP contribution in [0.1, 0.15) is 32.9 Å². The van der Waals surface area contributed by atoms with Gasteiger partial charge in [-0.25, -0.2) is 19.4 Å². The SMILES string of the molecule is C=C/C(Nc1ncnc(C)c1/N=C(\C)C=O)=C(\C=C\F)CC(C)C. The van der Waals surface area contributed by atoms with Gasteiger partial charge in [-0.15, -0.1) is 0 Å². The smallest absolute Gasteiger partial charge is 0.163 e. The Labute approximate surface area is 142 Å². The maximum Gasteiger partial charge on any atom is 0.163 e. The number of hydrogen-bond acceptors (Lipinski definition) is 5. The van der Waals surface area contributed by atoms with Gasteiger partial charge in [0.2, 0.25) is 0 Å². The summed E-state index contributed by atoms with van der Waals surface area (Å²) in [5.74, 6) is 0.780. The summed E-state index contributed by atoms with van der Waals surface area (Å²) in [6, 6.07) is 0. The van der Waals surface area contributed by atoms with Crippen molar-refractivity contribution in [2.75, 3.05) is 5.32 Å². The van der Waals surface area contributed by atoms with Crippen LogP contribution in [0.25, 0.3) is 0 Å². The number of allylic oxidation sites excluding steroid dienone is 3. The number of nitrogens with zero attached hydrogens (tertiary/aromatic N) is 3. The number of aromatic nitrogens is 2. The van der Waals surface area contributed by atoms with Gasteiger partial charge < -0.3 is 5.32 Å². The number of aldehydes is 1. The molecule has 0 aliphatic rings. The molecule has 1 heterocycles. The summed E-state index contributed by atoms with van der Waals surface area (Å²) in [6.45, 7) is 11.3. The number of hydrogen-bond donors (Lipinski definition) is 1. The molecule has 1 rings (SSSR count). The lowest BCUT2D eigenvalue weighted by atomic mass is 10.0. The second-order valence-electron chi connectivity index (χ2n) is 5.69. The molecule has 0 unspecified atom stereocenters. The van der Waals surface area contributed by atoms with Crippen LogP contribution in [0.3, 0.4) is 0 Å². The molecule has 0 bridgehead atoms. The second-order valence-corrected chi connectivity index (χ2v) is 5.69. The summed E-state index contributed by atoms with van der Waals surface area (Å²) in [4.78, 5) is 23.4. The van der Waals surface area contributed by atoms with Gasteiger partial charge in [0.25, 0.3) is 0 Å². The van der Waals surface area contributed by atoms with Crippen LogP contribution in [-0.4, -0.2) is 22.0 Å². The summed E-state index contributed by atoms with van der Waals surface area (Å²) in [6.07, 6.45) is 6.25. The molecule has 0 aromatic carbocycles. The van der Waals surface area contributed by atoms with Crippen molar-refractivity contribution in [3.63, 3.8) is 0 Å². The van der Waals surface area contributed by atoms with E-state index in [2.05, 4.69) is 26.9 Å². The number of nitrogens with one attached hydrogen (secondary N) is 1. The molecule has 24 heavy (non-hydrogen) atoms. The van der Waals surface area contributed by atoms with E-state index in [4.69, 9.17) is 0 Å². The predicted octanol–water partition coefficient (Wildman–Crippen LogP) is 4.46. The standard InChI is InChI=1S/C18H23FN4O/c1-6-16(15(7-8-19)9-12(2)3)23-18-17(22-13(4)10-24)14(5)20-11-21-18/h6-8,10-12H,1,9H2,2-5H3,(H,20,21,23)/b8-7+,16-15-,22-13+. The highest BCUT2D eigenvalue weighted by atomic mass is 19.1. The highest BCUT2D eigenvalue weighted by Crippen LogP contribution is 2.28. The zero-order valence-corrected chi connectivity index (χ0v) is 14.5. The first-order chi connectivity index (χ1) is 11.4. The van der Waals surface area contributed by atoms with Crippen molar-refractivity contribution in [2.24, 2.45) is 10.9 Å². The third kappa shape index (κ3) is 5.53. The van der Waals surface area contributed by atoms with Crippen molar-refractivity contribution in [3.8, 4) is 0 Å². The van der Waals surface area contributed by atoms with Crippen LogP contribution < -0.4 is 5.32 Å². The van der Waals surface area contributed by atoms with E-state index in [1.807, 2.05) is 13.8 Å². The van der Waals surface area contributed by atoms with E-state index in [0.29, 0.717) is 53.6 Å². The number of rotatable bonds is 8. The van der Waals surface area contributed by atoms with Gasteiger partial charge in [0.05, 0.1) is 17.7 Å². The molecule has 0 saturated heterocycles. The quantitative estimate of drug-likeness (QED) is 0.434. The molecule has 1 aromatic heterocycles. The first kappa shape index (κ1) is 19.4. The Bertz CT molecular complexity index is 690. The number of carbonyl (C=O) groups is 1. The zero-order chi connectivity index (χ0) is 18.1. The van der Waals surface area contributed by atoms with E-state index in [1.165, 1.54) is 12.4 Å². The van der Waals surface area contributed by atoms with Gasteiger partial charge in [-0.05, 0) is 43.9 Å². The average Bonchev–Trinajstić information content (AvgIpc) is 2.54. The molecular weight excluding hydrogens is 307 g/mol. The molecule has 0 fully saturated rings. The Balaban J connectivity index is 3.38. The van der Waals surface area contributed by atoms with Gasteiger partial charge >= 0.3 is 0 Å². The molecule has 5 nitrogen and oxygen atoms in total. The molecule has 0 radical (unpaired) electrons. The zero-order valence-electron chi connectivity index (χ0n) is 14.5. The number of halogens is 1. The third-order valence-corrected chi connectivity index (χ3v) is 3.16. The van der Waals surface area contributed by atoms with E-state index in [-0.39, 0.29) is 0 Å². The maximum atomic E-state index is 12.7. The van der Waals surface area contributed by atoms with Gasteiger partial charge in [0, 0.05) is 5.70 Å². The fraction of sp³-hybridized carbons (Fsp3) is 0.333. The minimum Gasteiger partial charge on any atom is -0.338 e. The Morgan fingerprint density at radius 1 is 1.46 bits per heavy atom. The fourth-order valence-electron chi connectivity index (χ4n) is 2.07. The van der Waals surface area contributed by atoms with Crippen molar-refractivity contribution in [2.45, 2.75) is 34.1 Å². The molecule has 1 N–H and O–H groups in total. The van der Waals surface area contributed by atoms with Crippen molar-refractivity contribution in [1.29, 1.82) is 0 Å². The summed E-state index contributed by atoms with van der Waals surface area (Å²) < 4.78 is 12.7. The van der Waals surface area contributed by atoms with Crippen LogP contribution in [0.15, 0.2) is 47.7 Å². The Morgan fingerprint density at radius 3 is 2.71 bits per heavy atom. The Kier molecular flexibility index (Phi) is 7.68. The number of carbonyl (C=O) groups excluding carboxylic acids is 1. The number of anilines is 1. The number of aliphatic imine (C=N–C) groups is 1. The lowest BCUT2D eigenvalue weighted by Gasteiger charge is -2.15. The highest BCUT2D eigenvalue weighted by Gasteiger charge is 2.11. The van der Waals surface area contributed by atoms with Gasteiger partial charge in [0.1, 0.15) is 12.0 Å². The van der Waals surface area contributed by atoms with Crippen LogP contribution >= 0.6 is 0 Å². The van der Waals surface area contributed by atoms with Gasteiger partial charge in [0.15, 0.2) is 12.1 Å². The second kappa shape index (κ2) is 9.50. The van der Waals surface area contributed by atoms with Crippen LogP contribution in [0.5, 0.6) is 0 Å². The predicted molar refractivity (Wildman–Crippen MR) is 96.2 cm³/mol. The molecule has 1 aromatic rings. The van der Waals surface area contributed by atoms with Crippen molar-refractivity contribution in [3.05, 3.63) is 48.4 Å². The molecule has 128 valence electrons. The molecule has 0 aliphatic heterocycles. The topological polar surface area (TPSA) is 67.2 Å². The van der Waals surface area contributed by atoms with E-state index >= 15 is 0 Å². The van der Waals surface area contributed by atoms with E-state index in [0.717, 1.165) is 5.57 Å². The first-order valence-corrected chi connectivity index (χ1v) is 7.64. The molecule has 0 spiro atoms. The summed E-state index contributed by atoms with van der Waals surface area (Å²) >= 11 is 0. The van der Waals surface area contributed by atoms with Crippen molar-refractivity contribution >= 4 is 23.5 Å². The van der Waals surface area contributed by atoms with Crippen molar-refractivity contribution < 1.29 is 9.18 Å². The Morgan fingerprint density at radius 2 is 2.17 bits per heavy atom. The monoisotopic (exact) mass is 330 g/mol. The molecule has 0 atom stereocenters. The maximum absolute atomic E-state index is 12.7. The van der Waals surface area contributed by atoms with Gasteiger partial charge in [-0.2, -0.15) is 0 Å². The lowest BCUT2D eigenvalue weighted by Crippen LogP contribution is -2.06. The van der Waals surface area contributed by atoms with Crippen LogP contribution in [0.2, 0.25) is 0 Å². The summed E-state index contributed by atoms with van der Waals surface area (Å²) in [5.41, 5.74) is 2.81. The third-order valence-electron chi connectivity index (χ3n) is 3.16. The molecule has 6 heteroatoms. The highest BCUT2D eigenvalue weighted by molar-refractivity contribution is 6.27. The van der Waals surface area contributed by atoms with Gasteiger partial charge in [-0.1, -0.05) is 20.4 Å². The minimum atomic E-state index is 0.311.